The smallest absolute Gasteiger partial charge is 0.315 e. The topological polar surface area (TPSA) is 59.2 Å². The summed E-state index contributed by atoms with van der Waals surface area (Å²) in [5.41, 5.74) is 6.34. The fourth-order valence-corrected chi connectivity index (χ4v) is 2.26. The monoisotopic (exact) mass is 219 g/mol. The van der Waals surface area contributed by atoms with Gasteiger partial charge in [-0.25, -0.2) is 4.79 Å². The van der Waals surface area contributed by atoms with Crippen molar-refractivity contribution in [1.82, 2.24) is 9.88 Å². The molecule has 1 saturated heterocycles. The minimum atomic E-state index is -0.345. The van der Waals surface area contributed by atoms with Crippen LogP contribution in [0.25, 0.3) is 0 Å². The molecule has 2 N–H and O–H groups in total. The number of hydrogen-bond donors (Lipinski definition) is 1. The van der Waals surface area contributed by atoms with Gasteiger partial charge >= 0.3 is 6.03 Å². The molecule has 1 aliphatic heterocycles. The van der Waals surface area contributed by atoms with Crippen molar-refractivity contribution in [1.29, 1.82) is 0 Å². The number of aromatic nitrogens is 1. The number of likely N-dealkylation sites (tertiary alicyclic amines) is 1. The molecule has 1 aromatic rings. The van der Waals surface area contributed by atoms with Gasteiger partial charge in [0, 0.05) is 12.7 Å². The third kappa shape index (κ3) is 2.15. The van der Waals surface area contributed by atoms with Gasteiger partial charge in [-0.05, 0) is 30.9 Å². The van der Waals surface area contributed by atoms with E-state index in [1.165, 1.54) is 0 Å². The Kier molecular flexibility index (Phi) is 3.08. The highest BCUT2D eigenvalue weighted by molar-refractivity contribution is 5.72. The summed E-state index contributed by atoms with van der Waals surface area (Å²) in [5.74, 6) is 0.614. The van der Waals surface area contributed by atoms with Crippen LogP contribution in [0.2, 0.25) is 0 Å². The van der Waals surface area contributed by atoms with E-state index in [9.17, 15) is 4.79 Å². The molecule has 1 aliphatic rings. The Morgan fingerprint density at radius 2 is 2.38 bits per heavy atom. The zero-order valence-corrected chi connectivity index (χ0v) is 9.47. The van der Waals surface area contributed by atoms with E-state index in [0.717, 1.165) is 25.1 Å². The molecule has 1 fully saturated rings. The first-order chi connectivity index (χ1) is 7.68. The molecule has 16 heavy (non-hydrogen) atoms. The van der Waals surface area contributed by atoms with E-state index in [0.29, 0.717) is 5.92 Å². The van der Waals surface area contributed by atoms with Gasteiger partial charge in [-0.2, -0.15) is 0 Å². The van der Waals surface area contributed by atoms with Crippen molar-refractivity contribution in [3.05, 3.63) is 30.1 Å². The molecule has 4 heteroatoms. The van der Waals surface area contributed by atoms with E-state index in [-0.39, 0.29) is 12.1 Å². The van der Waals surface area contributed by atoms with Crippen LogP contribution < -0.4 is 5.73 Å². The predicted molar refractivity (Wildman–Crippen MR) is 61.7 cm³/mol. The predicted octanol–water partition coefficient (Wildman–Crippen LogP) is 1.93. The van der Waals surface area contributed by atoms with Gasteiger partial charge in [-0.3, -0.25) is 4.98 Å². The molecule has 0 aliphatic carbocycles. The molecule has 0 radical (unpaired) electrons. The zero-order chi connectivity index (χ0) is 11.5. The number of primary amides is 1. The van der Waals surface area contributed by atoms with Crippen molar-refractivity contribution in [3.63, 3.8) is 0 Å². The van der Waals surface area contributed by atoms with Crippen LogP contribution in [0.1, 0.15) is 31.5 Å². The Morgan fingerprint density at radius 3 is 3.00 bits per heavy atom. The van der Waals surface area contributed by atoms with Crippen LogP contribution in [0.15, 0.2) is 24.4 Å². The highest BCUT2D eigenvalue weighted by Gasteiger charge is 2.30. The number of urea groups is 1. The first-order valence-electron chi connectivity index (χ1n) is 5.65. The minimum absolute atomic E-state index is 0.0439. The van der Waals surface area contributed by atoms with E-state index >= 15 is 0 Å². The van der Waals surface area contributed by atoms with Crippen LogP contribution in [0, 0.1) is 5.92 Å². The molecule has 2 atom stereocenters. The van der Waals surface area contributed by atoms with Gasteiger partial charge in [0.25, 0.3) is 0 Å². The molecule has 2 amide bonds. The van der Waals surface area contributed by atoms with Crippen molar-refractivity contribution < 1.29 is 4.79 Å². The number of amides is 2. The number of nitrogens with zero attached hydrogens (tertiary/aromatic N) is 2. The molecule has 2 rings (SSSR count). The normalized spacial score (nSPS) is 25.4. The van der Waals surface area contributed by atoms with Crippen LogP contribution in [-0.2, 0) is 0 Å². The van der Waals surface area contributed by atoms with Crippen LogP contribution in [-0.4, -0.2) is 22.5 Å². The number of pyridine rings is 1. The Labute approximate surface area is 95.5 Å². The second-order valence-electron chi connectivity index (χ2n) is 4.43. The average molecular weight is 219 g/mol. The van der Waals surface area contributed by atoms with Gasteiger partial charge in [-0.15, -0.1) is 0 Å². The highest BCUT2D eigenvalue weighted by Crippen LogP contribution is 2.32. The number of rotatable bonds is 1. The molecule has 86 valence electrons. The number of carbonyl (C=O) groups is 1. The Hall–Kier alpha value is -1.58. The number of carbonyl (C=O) groups excluding carboxylic acids is 1. The zero-order valence-electron chi connectivity index (χ0n) is 9.47. The summed E-state index contributed by atoms with van der Waals surface area (Å²) in [5, 5.41) is 0. The van der Waals surface area contributed by atoms with Gasteiger partial charge in [0.05, 0.1) is 11.7 Å². The summed E-state index contributed by atoms with van der Waals surface area (Å²) in [6.45, 7) is 2.94. The molecular formula is C12H17N3O. The average Bonchev–Trinajstić information content (AvgIpc) is 2.29. The maximum atomic E-state index is 11.4. The van der Waals surface area contributed by atoms with E-state index in [4.69, 9.17) is 5.73 Å². The standard InChI is InChI=1S/C12H17N3O/c1-9-5-7-15(12(13)16)11(8-9)10-4-2-3-6-14-10/h2-4,6,9,11H,5,7-8H2,1H3,(H2,13,16). The van der Waals surface area contributed by atoms with E-state index in [1.54, 1.807) is 11.1 Å². The molecule has 2 unspecified atom stereocenters. The largest absolute Gasteiger partial charge is 0.351 e. The van der Waals surface area contributed by atoms with Crippen molar-refractivity contribution in [3.8, 4) is 0 Å². The second-order valence-corrected chi connectivity index (χ2v) is 4.43. The lowest BCUT2D eigenvalue weighted by atomic mass is 9.90. The molecule has 0 spiro atoms. The minimum Gasteiger partial charge on any atom is -0.351 e. The lowest BCUT2D eigenvalue weighted by molar-refractivity contribution is 0.137. The van der Waals surface area contributed by atoms with E-state index in [2.05, 4.69) is 11.9 Å². The molecule has 0 aromatic carbocycles. The van der Waals surface area contributed by atoms with E-state index in [1.807, 2.05) is 18.2 Å². The molecule has 0 saturated carbocycles. The summed E-state index contributed by atoms with van der Waals surface area (Å²) in [6.07, 6.45) is 3.72. The van der Waals surface area contributed by atoms with Crippen molar-refractivity contribution >= 4 is 6.03 Å². The number of nitrogens with two attached hydrogens (primary N) is 1. The fraction of sp³-hybridized carbons (Fsp3) is 0.500. The second kappa shape index (κ2) is 4.51. The summed E-state index contributed by atoms with van der Waals surface area (Å²) in [7, 11) is 0. The SMILES string of the molecule is CC1CCN(C(N)=O)C(c2ccccn2)C1. The van der Waals surface area contributed by atoms with Gasteiger partial charge in [0.1, 0.15) is 0 Å². The van der Waals surface area contributed by atoms with Gasteiger partial charge < -0.3 is 10.6 Å². The van der Waals surface area contributed by atoms with Gasteiger partial charge in [0.2, 0.25) is 0 Å². The summed E-state index contributed by atoms with van der Waals surface area (Å²) in [4.78, 5) is 17.4. The van der Waals surface area contributed by atoms with Crippen molar-refractivity contribution in [2.45, 2.75) is 25.8 Å². The first kappa shape index (κ1) is 10.9. The van der Waals surface area contributed by atoms with Crippen LogP contribution >= 0.6 is 0 Å². The fourth-order valence-electron chi connectivity index (χ4n) is 2.26. The van der Waals surface area contributed by atoms with Crippen LogP contribution in [0.3, 0.4) is 0 Å². The number of piperidine rings is 1. The molecule has 2 heterocycles. The maximum absolute atomic E-state index is 11.4. The lowest BCUT2D eigenvalue weighted by Gasteiger charge is -2.37. The van der Waals surface area contributed by atoms with Crippen molar-refractivity contribution in [2.24, 2.45) is 11.7 Å². The quantitative estimate of drug-likeness (QED) is 0.784. The Morgan fingerprint density at radius 1 is 1.56 bits per heavy atom. The highest BCUT2D eigenvalue weighted by atomic mass is 16.2. The van der Waals surface area contributed by atoms with Crippen molar-refractivity contribution in [2.75, 3.05) is 6.54 Å². The van der Waals surface area contributed by atoms with Crippen LogP contribution in [0.4, 0.5) is 4.79 Å². The first-order valence-corrected chi connectivity index (χ1v) is 5.65. The van der Waals surface area contributed by atoms with Gasteiger partial charge in [-0.1, -0.05) is 13.0 Å². The summed E-state index contributed by atoms with van der Waals surface area (Å²) in [6, 6.07) is 5.48. The summed E-state index contributed by atoms with van der Waals surface area (Å²) >= 11 is 0. The van der Waals surface area contributed by atoms with Crippen LogP contribution in [0.5, 0.6) is 0 Å². The molecular weight excluding hydrogens is 202 g/mol. The van der Waals surface area contributed by atoms with E-state index < -0.39 is 0 Å². The third-order valence-corrected chi connectivity index (χ3v) is 3.18. The van der Waals surface area contributed by atoms with Gasteiger partial charge in [0.15, 0.2) is 0 Å². The Balaban J connectivity index is 2.24. The summed E-state index contributed by atoms with van der Waals surface area (Å²) < 4.78 is 0. The lowest BCUT2D eigenvalue weighted by Crippen LogP contribution is -2.43. The molecule has 4 nitrogen and oxygen atoms in total. The Bertz CT molecular complexity index is 366. The third-order valence-electron chi connectivity index (χ3n) is 3.18. The maximum Gasteiger partial charge on any atom is 0.315 e. The molecule has 1 aromatic heterocycles. The number of hydrogen-bond acceptors (Lipinski definition) is 2. The molecule has 0 bridgehead atoms.